The number of nitrogens with zero attached hydrogens (tertiary/aromatic N) is 2. The van der Waals surface area contributed by atoms with Gasteiger partial charge >= 0.3 is 0 Å². The smallest absolute Gasteiger partial charge is 0.283 e. The molecular weight excluding hydrogens is 380 g/mol. The van der Waals surface area contributed by atoms with Crippen LogP contribution in [0.15, 0.2) is 22.7 Å². The predicted molar refractivity (Wildman–Crippen MR) is 84.4 cm³/mol. The normalized spacial score (nSPS) is 11.0. The first-order chi connectivity index (χ1) is 10.3. The second kappa shape index (κ2) is 6.75. The number of hydrogen-bond acceptors (Lipinski definition) is 2. The molecule has 1 aromatic heterocycles. The molecule has 1 amide bonds. The van der Waals surface area contributed by atoms with E-state index in [1.165, 1.54) is 4.68 Å². The highest BCUT2D eigenvalue weighted by molar-refractivity contribution is 9.10. The van der Waals surface area contributed by atoms with Crippen molar-refractivity contribution in [2.45, 2.75) is 26.8 Å². The second-order valence-corrected chi connectivity index (χ2v) is 5.90. The van der Waals surface area contributed by atoms with Crippen LogP contribution < -0.4 is 5.32 Å². The molecule has 0 bridgehead atoms. The van der Waals surface area contributed by atoms with Gasteiger partial charge in [0.25, 0.3) is 6.43 Å². The number of carbonyl (C=O) groups excluding carboxylic acids is 1. The van der Waals surface area contributed by atoms with Crippen LogP contribution in [0.3, 0.4) is 0 Å². The maximum absolute atomic E-state index is 12.8. The molecule has 2 rings (SSSR count). The SMILES string of the molecule is Cc1c(Cl)cccc1NC(=O)Cn1nc(C(F)F)c(Br)c1C. The van der Waals surface area contributed by atoms with E-state index < -0.39 is 6.43 Å². The number of halogens is 4. The first kappa shape index (κ1) is 16.9. The summed E-state index contributed by atoms with van der Waals surface area (Å²) < 4.78 is 27.0. The molecule has 0 fully saturated rings. The number of anilines is 1. The molecule has 0 atom stereocenters. The Hall–Kier alpha value is -1.47. The summed E-state index contributed by atoms with van der Waals surface area (Å²) in [7, 11) is 0. The van der Waals surface area contributed by atoms with E-state index in [1.807, 2.05) is 0 Å². The Labute approximate surface area is 139 Å². The van der Waals surface area contributed by atoms with Gasteiger partial charge in [-0.3, -0.25) is 9.48 Å². The summed E-state index contributed by atoms with van der Waals surface area (Å²) in [5, 5.41) is 7.00. The molecule has 4 nitrogen and oxygen atoms in total. The van der Waals surface area contributed by atoms with Gasteiger partial charge < -0.3 is 5.32 Å². The van der Waals surface area contributed by atoms with Crippen molar-refractivity contribution in [3.63, 3.8) is 0 Å². The number of benzene rings is 1. The number of amides is 1. The molecule has 0 saturated carbocycles. The van der Waals surface area contributed by atoms with Crippen molar-refractivity contribution in [2.75, 3.05) is 5.32 Å². The van der Waals surface area contributed by atoms with Gasteiger partial charge in [0.1, 0.15) is 12.2 Å². The molecule has 8 heteroatoms. The minimum absolute atomic E-state index is 0.164. The van der Waals surface area contributed by atoms with E-state index in [9.17, 15) is 13.6 Å². The molecule has 1 heterocycles. The second-order valence-electron chi connectivity index (χ2n) is 4.70. The van der Waals surface area contributed by atoms with Crippen molar-refractivity contribution in [1.29, 1.82) is 0 Å². The fraction of sp³-hybridized carbons (Fsp3) is 0.286. The van der Waals surface area contributed by atoms with Gasteiger partial charge in [-0.05, 0) is 47.5 Å². The Morgan fingerprint density at radius 2 is 2.14 bits per heavy atom. The average molecular weight is 393 g/mol. The van der Waals surface area contributed by atoms with Gasteiger partial charge in [-0.15, -0.1) is 0 Å². The summed E-state index contributed by atoms with van der Waals surface area (Å²) in [6, 6.07) is 5.15. The van der Waals surface area contributed by atoms with E-state index in [0.717, 1.165) is 5.56 Å². The lowest BCUT2D eigenvalue weighted by Gasteiger charge is -2.10. The fourth-order valence-electron chi connectivity index (χ4n) is 1.91. The molecule has 0 aliphatic heterocycles. The van der Waals surface area contributed by atoms with Crippen molar-refractivity contribution in [2.24, 2.45) is 0 Å². The largest absolute Gasteiger partial charge is 0.324 e. The number of hydrogen-bond donors (Lipinski definition) is 1. The highest BCUT2D eigenvalue weighted by Gasteiger charge is 2.21. The minimum atomic E-state index is -2.70. The molecule has 0 saturated heterocycles. The molecule has 1 aromatic carbocycles. The average Bonchev–Trinajstić information content (AvgIpc) is 2.72. The van der Waals surface area contributed by atoms with Crippen molar-refractivity contribution >= 4 is 39.1 Å². The lowest BCUT2D eigenvalue weighted by molar-refractivity contribution is -0.117. The van der Waals surface area contributed by atoms with Gasteiger partial charge in [0.2, 0.25) is 5.91 Å². The van der Waals surface area contributed by atoms with Crippen molar-refractivity contribution in [1.82, 2.24) is 9.78 Å². The van der Waals surface area contributed by atoms with Gasteiger partial charge in [-0.2, -0.15) is 5.10 Å². The Morgan fingerprint density at radius 1 is 1.45 bits per heavy atom. The van der Waals surface area contributed by atoms with Gasteiger partial charge in [0.15, 0.2) is 0 Å². The van der Waals surface area contributed by atoms with Crippen LogP contribution in [0.2, 0.25) is 5.02 Å². The van der Waals surface area contributed by atoms with Crippen molar-refractivity contribution in [3.8, 4) is 0 Å². The molecule has 0 unspecified atom stereocenters. The highest BCUT2D eigenvalue weighted by atomic mass is 79.9. The lowest BCUT2D eigenvalue weighted by Crippen LogP contribution is -2.20. The summed E-state index contributed by atoms with van der Waals surface area (Å²) in [5.74, 6) is -0.371. The molecule has 0 aliphatic rings. The third kappa shape index (κ3) is 3.47. The molecule has 0 radical (unpaired) electrons. The number of rotatable bonds is 4. The van der Waals surface area contributed by atoms with Crippen LogP contribution in [0.4, 0.5) is 14.5 Å². The first-order valence-corrected chi connectivity index (χ1v) is 7.54. The van der Waals surface area contributed by atoms with Crippen LogP contribution in [0.5, 0.6) is 0 Å². The van der Waals surface area contributed by atoms with Crippen molar-refractivity contribution in [3.05, 3.63) is 44.6 Å². The number of carbonyl (C=O) groups is 1. The Morgan fingerprint density at radius 3 is 2.73 bits per heavy atom. The van der Waals surface area contributed by atoms with Gasteiger partial charge in [-0.1, -0.05) is 17.7 Å². The zero-order chi connectivity index (χ0) is 16.4. The zero-order valence-electron chi connectivity index (χ0n) is 11.8. The van der Waals surface area contributed by atoms with Gasteiger partial charge in [-0.25, -0.2) is 8.78 Å². The van der Waals surface area contributed by atoms with Gasteiger partial charge in [0.05, 0.1) is 10.2 Å². The predicted octanol–water partition coefficient (Wildman–Crippen LogP) is 4.49. The Kier molecular flexibility index (Phi) is 5.18. The molecule has 0 aliphatic carbocycles. The molecular formula is C14H13BrClF2N3O. The molecule has 1 N–H and O–H groups in total. The summed E-state index contributed by atoms with van der Waals surface area (Å²) in [6.45, 7) is 3.23. The Bertz CT molecular complexity index is 718. The third-order valence-electron chi connectivity index (χ3n) is 3.20. The monoisotopic (exact) mass is 391 g/mol. The van der Waals surface area contributed by atoms with E-state index in [2.05, 4.69) is 26.3 Å². The topological polar surface area (TPSA) is 46.9 Å². The van der Waals surface area contributed by atoms with Crippen molar-refractivity contribution < 1.29 is 13.6 Å². The maximum Gasteiger partial charge on any atom is 0.283 e. The van der Waals surface area contributed by atoms with E-state index in [4.69, 9.17) is 11.6 Å². The third-order valence-corrected chi connectivity index (χ3v) is 4.59. The fourth-order valence-corrected chi connectivity index (χ4v) is 2.54. The van der Waals surface area contributed by atoms with E-state index in [1.54, 1.807) is 32.0 Å². The number of aromatic nitrogens is 2. The summed E-state index contributed by atoms with van der Waals surface area (Å²) in [4.78, 5) is 12.1. The van der Waals surface area contributed by atoms with Crippen LogP contribution >= 0.6 is 27.5 Å². The zero-order valence-corrected chi connectivity index (χ0v) is 14.2. The van der Waals surface area contributed by atoms with Crippen LogP contribution in [0.1, 0.15) is 23.4 Å². The highest BCUT2D eigenvalue weighted by Crippen LogP contribution is 2.29. The number of alkyl halides is 2. The lowest BCUT2D eigenvalue weighted by atomic mass is 10.2. The van der Waals surface area contributed by atoms with E-state index >= 15 is 0 Å². The van der Waals surface area contributed by atoms with Gasteiger partial charge in [0, 0.05) is 10.7 Å². The standard InChI is InChI=1S/C14H13BrClF2N3O/c1-7-9(16)4-3-5-10(7)19-11(22)6-21-8(2)12(15)13(20-21)14(17)18/h3-5,14H,6H2,1-2H3,(H,19,22). The van der Waals surface area contributed by atoms with E-state index in [-0.39, 0.29) is 22.6 Å². The van der Waals surface area contributed by atoms with Crippen LogP contribution in [-0.4, -0.2) is 15.7 Å². The summed E-state index contributed by atoms with van der Waals surface area (Å²) >= 11 is 9.05. The van der Waals surface area contributed by atoms with Crippen LogP contribution in [0, 0.1) is 13.8 Å². The van der Waals surface area contributed by atoms with E-state index in [0.29, 0.717) is 16.4 Å². The molecule has 22 heavy (non-hydrogen) atoms. The Balaban J connectivity index is 2.16. The quantitative estimate of drug-likeness (QED) is 0.833. The molecule has 0 spiro atoms. The minimum Gasteiger partial charge on any atom is -0.324 e. The molecule has 2 aromatic rings. The molecule has 118 valence electrons. The van der Waals surface area contributed by atoms with Crippen LogP contribution in [0.25, 0.3) is 0 Å². The summed E-state index contributed by atoms with van der Waals surface area (Å²) in [6.07, 6.45) is -2.70. The van der Waals surface area contributed by atoms with Crippen LogP contribution in [-0.2, 0) is 11.3 Å². The maximum atomic E-state index is 12.8. The number of nitrogens with one attached hydrogen (secondary N) is 1. The first-order valence-electron chi connectivity index (χ1n) is 6.37. The summed E-state index contributed by atoms with van der Waals surface area (Å²) in [5.41, 5.74) is 1.41.